The van der Waals surface area contributed by atoms with Crippen LogP contribution in [0, 0.1) is 5.82 Å². The monoisotopic (exact) mass is 295 g/mol. The zero-order valence-corrected chi connectivity index (χ0v) is 13.1. The maximum atomic E-state index is 13.9. The molecule has 4 nitrogen and oxygen atoms in total. The highest BCUT2D eigenvalue weighted by atomic mass is 19.1. The molecule has 2 N–H and O–H groups in total. The summed E-state index contributed by atoms with van der Waals surface area (Å²) < 4.78 is 19.3. The average molecular weight is 295 g/mol. The third kappa shape index (κ3) is 4.00. The van der Waals surface area contributed by atoms with Gasteiger partial charge in [0.05, 0.1) is 18.0 Å². The second kappa shape index (κ2) is 7.50. The van der Waals surface area contributed by atoms with Crippen LogP contribution in [0.3, 0.4) is 0 Å². The Labute approximate surface area is 126 Å². The fraction of sp³-hybridized carbons (Fsp3) is 0.625. The van der Waals surface area contributed by atoms with E-state index in [-0.39, 0.29) is 5.82 Å². The molecule has 1 aromatic rings. The Balaban J connectivity index is 2.09. The number of rotatable bonds is 6. The summed E-state index contributed by atoms with van der Waals surface area (Å²) in [6.45, 7) is 9.74. The molecule has 1 aliphatic heterocycles. The summed E-state index contributed by atoms with van der Waals surface area (Å²) in [5.74, 6) is -0.0774. The second-order valence-electron chi connectivity index (χ2n) is 5.52. The van der Waals surface area contributed by atoms with Gasteiger partial charge in [0.1, 0.15) is 0 Å². The van der Waals surface area contributed by atoms with Crippen LogP contribution in [-0.4, -0.2) is 44.2 Å². The van der Waals surface area contributed by atoms with E-state index in [0.717, 1.165) is 44.8 Å². The lowest BCUT2D eigenvalue weighted by Crippen LogP contribution is -2.46. The zero-order valence-electron chi connectivity index (χ0n) is 13.1. The number of ether oxygens (including phenoxy) is 1. The Kier molecular flexibility index (Phi) is 5.67. The first-order chi connectivity index (χ1) is 10.2. The minimum atomic E-state index is -0.380. The smallest absolute Gasteiger partial charge is 0.167 e. The highest BCUT2D eigenvalue weighted by Gasteiger charge is 2.20. The summed E-state index contributed by atoms with van der Waals surface area (Å²) >= 11 is 0. The van der Waals surface area contributed by atoms with Crippen LogP contribution in [0.5, 0.6) is 5.75 Å². The Bertz CT molecular complexity index is 459. The van der Waals surface area contributed by atoms with Gasteiger partial charge in [-0.05, 0) is 19.4 Å². The minimum absolute atomic E-state index is 0.303. The number of nitrogen functional groups attached to an aromatic ring is 1. The van der Waals surface area contributed by atoms with Gasteiger partial charge < -0.3 is 15.4 Å². The molecule has 1 fully saturated rings. The van der Waals surface area contributed by atoms with Crippen LogP contribution in [0.15, 0.2) is 12.1 Å². The Morgan fingerprint density at radius 2 is 1.86 bits per heavy atom. The predicted octanol–water partition coefficient (Wildman–Crippen LogP) is 2.73. The highest BCUT2D eigenvalue weighted by molar-refractivity contribution is 5.70. The molecule has 0 spiro atoms. The van der Waals surface area contributed by atoms with Crippen LogP contribution in [-0.2, 0) is 0 Å². The lowest BCUT2D eigenvalue weighted by Gasteiger charge is -2.36. The third-order valence-corrected chi connectivity index (χ3v) is 3.80. The number of nitrogens with zero attached hydrogens (tertiary/aromatic N) is 2. The quantitative estimate of drug-likeness (QED) is 0.819. The van der Waals surface area contributed by atoms with Gasteiger partial charge in [-0.1, -0.05) is 13.8 Å². The molecule has 0 unspecified atom stereocenters. The topological polar surface area (TPSA) is 41.7 Å². The predicted molar refractivity (Wildman–Crippen MR) is 85.5 cm³/mol. The van der Waals surface area contributed by atoms with E-state index >= 15 is 0 Å². The Hall–Kier alpha value is -1.49. The Morgan fingerprint density at radius 3 is 2.48 bits per heavy atom. The molecule has 1 aliphatic rings. The number of hydrogen-bond donors (Lipinski definition) is 1. The second-order valence-corrected chi connectivity index (χ2v) is 5.52. The van der Waals surface area contributed by atoms with Gasteiger partial charge in [-0.25, -0.2) is 4.39 Å². The van der Waals surface area contributed by atoms with Crippen LogP contribution >= 0.6 is 0 Å². The number of hydrogen-bond acceptors (Lipinski definition) is 4. The van der Waals surface area contributed by atoms with Crippen molar-refractivity contribution in [1.29, 1.82) is 0 Å². The van der Waals surface area contributed by atoms with E-state index in [1.54, 1.807) is 6.07 Å². The van der Waals surface area contributed by atoms with Crippen molar-refractivity contribution in [3.63, 3.8) is 0 Å². The van der Waals surface area contributed by atoms with E-state index < -0.39 is 0 Å². The molecule has 0 aliphatic carbocycles. The Morgan fingerprint density at radius 1 is 1.14 bits per heavy atom. The highest BCUT2D eigenvalue weighted by Crippen LogP contribution is 2.31. The molecule has 0 bridgehead atoms. The number of halogens is 1. The van der Waals surface area contributed by atoms with Gasteiger partial charge in [0.25, 0.3) is 0 Å². The molecule has 1 saturated heterocycles. The standard InChI is InChI=1S/C16H26FN3O/c1-3-5-19-6-8-20(9-7-19)15-12-16(21-10-4-2)13(17)11-14(15)18/h11-12H,3-10,18H2,1-2H3. The molecule has 1 aromatic carbocycles. The van der Waals surface area contributed by atoms with Crippen molar-refractivity contribution >= 4 is 11.4 Å². The van der Waals surface area contributed by atoms with E-state index in [4.69, 9.17) is 10.5 Å². The van der Waals surface area contributed by atoms with E-state index in [0.29, 0.717) is 18.0 Å². The van der Waals surface area contributed by atoms with Gasteiger partial charge in [-0.15, -0.1) is 0 Å². The van der Waals surface area contributed by atoms with Crippen molar-refractivity contribution in [2.75, 3.05) is 50.0 Å². The summed E-state index contributed by atoms with van der Waals surface area (Å²) in [6.07, 6.45) is 2.03. The van der Waals surface area contributed by atoms with Crippen LogP contribution in [0.4, 0.5) is 15.8 Å². The van der Waals surface area contributed by atoms with Crippen molar-refractivity contribution in [3.05, 3.63) is 17.9 Å². The van der Waals surface area contributed by atoms with Gasteiger partial charge in [0, 0.05) is 38.3 Å². The summed E-state index contributed by atoms with van der Waals surface area (Å²) in [5, 5.41) is 0. The van der Waals surface area contributed by atoms with E-state index in [1.807, 2.05) is 6.92 Å². The lowest BCUT2D eigenvalue weighted by molar-refractivity contribution is 0.258. The molecule has 1 heterocycles. The van der Waals surface area contributed by atoms with Gasteiger partial charge in [0.15, 0.2) is 11.6 Å². The minimum Gasteiger partial charge on any atom is -0.490 e. The van der Waals surface area contributed by atoms with Gasteiger partial charge >= 0.3 is 0 Å². The summed E-state index contributed by atoms with van der Waals surface area (Å²) in [6, 6.07) is 3.12. The van der Waals surface area contributed by atoms with Gasteiger partial charge in [-0.3, -0.25) is 4.90 Å². The van der Waals surface area contributed by atoms with Crippen LogP contribution in [0.2, 0.25) is 0 Å². The molecule has 5 heteroatoms. The number of benzene rings is 1. The van der Waals surface area contributed by atoms with Gasteiger partial charge in [-0.2, -0.15) is 0 Å². The molecule has 0 radical (unpaired) electrons. The average Bonchev–Trinajstić information content (AvgIpc) is 2.48. The maximum absolute atomic E-state index is 13.9. The van der Waals surface area contributed by atoms with Crippen LogP contribution < -0.4 is 15.4 Å². The maximum Gasteiger partial charge on any atom is 0.167 e. The van der Waals surface area contributed by atoms with Crippen molar-refractivity contribution in [3.8, 4) is 5.75 Å². The lowest BCUT2D eigenvalue weighted by atomic mass is 10.2. The molecule has 118 valence electrons. The fourth-order valence-electron chi connectivity index (χ4n) is 2.68. The summed E-state index contributed by atoms with van der Waals surface area (Å²) in [5.41, 5.74) is 7.37. The van der Waals surface area contributed by atoms with E-state index in [1.165, 1.54) is 12.5 Å². The molecule has 0 saturated carbocycles. The van der Waals surface area contributed by atoms with Crippen molar-refractivity contribution < 1.29 is 9.13 Å². The first-order valence-corrected chi connectivity index (χ1v) is 7.84. The first kappa shape index (κ1) is 15.9. The summed E-state index contributed by atoms with van der Waals surface area (Å²) in [7, 11) is 0. The number of nitrogens with two attached hydrogens (primary N) is 1. The number of piperazine rings is 1. The normalized spacial score (nSPS) is 16.2. The molecular formula is C16H26FN3O. The van der Waals surface area contributed by atoms with E-state index in [9.17, 15) is 4.39 Å². The molecule has 21 heavy (non-hydrogen) atoms. The largest absolute Gasteiger partial charge is 0.490 e. The fourth-order valence-corrected chi connectivity index (χ4v) is 2.68. The van der Waals surface area contributed by atoms with Crippen LogP contribution in [0.1, 0.15) is 26.7 Å². The molecule has 0 atom stereocenters. The van der Waals surface area contributed by atoms with Gasteiger partial charge in [0.2, 0.25) is 0 Å². The van der Waals surface area contributed by atoms with E-state index in [2.05, 4.69) is 16.7 Å². The molecular weight excluding hydrogens is 269 g/mol. The molecule has 2 rings (SSSR count). The van der Waals surface area contributed by atoms with Crippen LogP contribution in [0.25, 0.3) is 0 Å². The third-order valence-electron chi connectivity index (χ3n) is 3.80. The SMILES string of the molecule is CCCOc1cc(N2CCN(CCC)CC2)c(N)cc1F. The van der Waals surface area contributed by atoms with Crippen molar-refractivity contribution in [1.82, 2.24) is 4.90 Å². The molecule has 0 aromatic heterocycles. The zero-order chi connectivity index (χ0) is 15.2. The summed E-state index contributed by atoms with van der Waals surface area (Å²) in [4.78, 5) is 4.67. The molecule has 0 amide bonds. The van der Waals surface area contributed by atoms with Crippen molar-refractivity contribution in [2.24, 2.45) is 0 Å². The first-order valence-electron chi connectivity index (χ1n) is 7.84. The van der Waals surface area contributed by atoms with Crippen molar-refractivity contribution in [2.45, 2.75) is 26.7 Å². The number of anilines is 2.